The van der Waals surface area contributed by atoms with Gasteiger partial charge in [0.1, 0.15) is 6.61 Å². The third kappa shape index (κ3) is 4.84. The molecule has 0 radical (unpaired) electrons. The SMILES string of the molecule is CCOc1ccccc1OCC(=O)OCc1ccccc1. The minimum absolute atomic E-state index is 0.142. The van der Waals surface area contributed by atoms with Gasteiger partial charge in [-0.1, -0.05) is 42.5 Å². The Morgan fingerprint density at radius 2 is 1.52 bits per heavy atom. The van der Waals surface area contributed by atoms with Crippen LogP contribution in [0.4, 0.5) is 0 Å². The summed E-state index contributed by atoms with van der Waals surface area (Å²) in [4.78, 5) is 11.7. The molecule has 0 aliphatic carbocycles. The molecule has 0 heterocycles. The summed E-state index contributed by atoms with van der Waals surface area (Å²) in [6.07, 6.45) is 0. The standard InChI is InChI=1S/C17H18O4/c1-2-19-15-10-6-7-11-16(15)20-13-17(18)21-12-14-8-4-3-5-9-14/h3-11H,2,12-13H2,1H3. The van der Waals surface area contributed by atoms with Gasteiger partial charge in [-0.15, -0.1) is 0 Å². The quantitative estimate of drug-likeness (QED) is 0.733. The summed E-state index contributed by atoms with van der Waals surface area (Å²) in [5.41, 5.74) is 0.945. The maximum atomic E-state index is 11.7. The van der Waals surface area contributed by atoms with Gasteiger partial charge in [-0.3, -0.25) is 0 Å². The van der Waals surface area contributed by atoms with Crippen molar-refractivity contribution in [3.05, 3.63) is 60.2 Å². The van der Waals surface area contributed by atoms with Crippen LogP contribution in [-0.4, -0.2) is 19.2 Å². The first-order chi connectivity index (χ1) is 10.3. The number of carbonyl (C=O) groups excluding carboxylic acids is 1. The van der Waals surface area contributed by atoms with Crippen LogP contribution in [0.15, 0.2) is 54.6 Å². The molecule has 0 aromatic heterocycles. The third-order valence-electron chi connectivity index (χ3n) is 2.74. The lowest BCUT2D eigenvalue weighted by Crippen LogP contribution is -2.15. The number of rotatable bonds is 7. The predicted molar refractivity (Wildman–Crippen MR) is 79.3 cm³/mol. The van der Waals surface area contributed by atoms with E-state index in [-0.39, 0.29) is 13.2 Å². The van der Waals surface area contributed by atoms with E-state index in [1.807, 2.05) is 49.4 Å². The van der Waals surface area contributed by atoms with Gasteiger partial charge in [0.2, 0.25) is 0 Å². The van der Waals surface area contributed by atoms with Crippen LogP contribution >= 0.6 is 0 Å². The lowest BCUT2D eigenvalue weighted by Gasteiger charge is -2.11. The molecule has 21 heavy (non-hydrogen) atoms. The molecule has 2 aromatic carbocycles. The third-order valence-corrected chi connectivity index (χ3v) is 2.74. The average Bonchev–Trinajstić information content (AvgIpc) is 2.53. The van der Waals surface area contributed by atoms with Gasteiger partial charge in [0, 0.05) is 0 Å². The van der Waals surface area contributed by atoms with E-state index in [4.69, 9.17) is 14.2 Å². The van der Waals surface area contributed by atoms with Crippen LogP contribution in [0.2, 0.25) is 0 Å². The number of para-hydroxylation sites is 2. The smallest absolute Gasteiger partial charge is 0.344 e. The molecule has 0 fully saturated rings. The van der Waals surface area contributed by atoms with E-state index in [0.29, 0.717) is 18.1 Å². The highest BCUT2D eigenvalue weighted by Gasteiger charge is 2.08. The fourth-order valence-corrected chi connectivity index (χ4v) is 1.76. The molecule has 0 bridgehead atoms. The summed E-state index contributed by atoms with van der Waals surface area (Å²) in [6.45, 7) is 2.54. The molecule has 0 unspecified atom stereocenters. The normalized spacial score (nSPS) is 9.95. The molecular formula is C17H18O4. The van der Waals surface area contributed by atoms with E-state index in [1.165, 1.54) is 0 Å². The van der Waals surface area contributed by atoms with Crippen molar-refractivity contribution in [2.75, 3.05) is 13.2 Å². The van der Waals surface area contributed by atoms with Gasteiger partial charge < -0.3 is 14.2 Å². The molecule has 0 amide bonds. The van der Waals surface area contributed by atoms with E-state index >= 15 is 0 Å². The minimum Gasteiger partial charge on any atom is -0.490 e. The summed E-state index contributed by atoms with van der Waals surface area (Å²) >= 11 is 0. The number of ether oxygens (including phenoxy) is 3. The zero-order valence-corrected chi connectivity index (χ0v) is 12.0. The Morgan fingerprint density at radius 3 is 2.19 bits per heavy atom. The summed E-state index contributed by atoms with van der Waals surface area (Å²) < 4.78 is 16.0. The lowest BCUT2D eigenvalue weighted by molar-refractivity contribution is -0.147. The largest absolute Gasteiger partial charge is 0.490 e. The number of hydrogen-bond donors (Lipinski definition) is 0. The molecule has 0 aliphatic heterocycles. The fraction of sp³-hybridized carbons (Fsp3) is 0.235. The second-order valence-corrected chi connectivity index (χ2v) is 4.31. The molecule has 0 N–H and O–H groups in total. The first kappa shape index (κ1) is 14.9. The molecule has 0 saturated heterocycles. The number of hydrogen-bond acceptors (Lipinski definition) is 4. The van der Waals surface area contributed by atoms with E-state index < -0.39 is 5.97 Å². The van der Waals surface area contributed by atoms with Crippen molar-refractivity contribution in [1.82, 2.24) is 0 Å². The molecule has 0 saturated carbocycles. The average molecular weight is 286 g/mol. The Balaban J connectivity index is 1.81. The Bertz CT molecular complexity index is 566. The van der Waals surface area contributed by atoms with Crippen LogP contribution in [0.3, 0.4) is 0 Å². The highest BCUT2D eigenvalue weighted by molar-refractivity contribution is 5.71. The van der Waals surface area contributed by atoms with Gasteiger partial charge in [-0.05, 0) is 24.6 Å². The van der Waals surface area contributed by atoms with Crippen molar-refractivity contribution in [3.8, 4) is 11.5 Å². The van der Waals surface area contributed by atoms with Crippen LogP contribution in [-0.2, 0) is 16.1 Å². The molecule has 110 valence electrons. The second kappa shape index (κ2) is 7.94. The van der Waals surface area contributed by atoms with E-state index in [0.717, 1.165) is 5.56 Å². The number of benzene rings is 2. The monoisotopic (exact) mass is 286 g/mol. The van der Waals surface area contributed by atoms with Gasteiger partial charge in [0.15, 0.2) is 18.1 Å². The summed E-state index contributed by atoms with van der Waals surface area (Å²) in [7, 11) is 0. The highest BCUT2D eigenvalue weighted by Crippen LogP contribution is 2.26. The van der Waals surface area contributed by atoms with Gasteiger partial charge in [-0.2, -0.15) is 0 Å². The van der Waals surface area contributed by atoms with Crippen LogP contribution in [0.1, 0.15) is 12.5 Å². The first-order valence-corrected chi connectivity index (χ1v) is 6.83. The Kier molecular flexibility index (Phi) is 5.64. The molecule has 0 aliphatic rings. The first-order valence-electron chi connectivity index (χ1n) is 6.83. The van der Waals surface area contributed by atoms with Gasteiger partial charge >= 0.3 is 5.97 Å². The molecular weight excluding hydrogens is 268 g/mol. The minimum atomic E-state index is -0.412. The van der Waals surface area contributed by atoms with Crippen molar-refractivity contribution >= 4 is 5.97 Å². The molecule has 0 atom stereocenters. The zero-order chi connectivity index (χ0) is 14.9. The van der Waals surface area contributed by atoms with Gasteiger partial charge in [0.05, 0.1) is 6.61 Å². The lowest BCUT2D eigenvalue weighted by atomic mass is 10.2. The van der Waals surface area contributed by atoms with Crippen molar-refractivity contribution in [1.29, 1.82) is 0 Å². The zero-order valence-electron chi connectivity index (χ0n) is 12.0. The highest BCUT2D eigenvalue weighted by atomic mass is 16.6. The molecule has 0 spiro atoms. The fourth-order valence-electron chi connectivity index (χ4n) is 1.76. The molecule has 2 rings (SSSR count). The maximum absolute atomic E-state index is 11.7. The van der Waals surface area contributed by atoms with Crippen molar-refractivity contribution < 1.29 is 19.0 Å². The Labute approximate surface area is 124 Å². The van der Waals surface area contributed by atoms with E-state index in [1.54, 1.807) is 12.1 Å². The van der Waals surface area contributed by atoms with E-state index in [2.05, 4.69) is 0 Å². The van der Waals surface area contributed by atoms with Crippen LogP contribution in [0.25, 0.3) is 0 Å². The summed E-state index contributed by atoms with van der Waals surface area (Å²) in [5.74, 6) is 0.747. The summed E-state index contributed by atoms with van der Waals surface area (Å²) in [5, 5.41) is 0. The molecule has 2 aromatic rings. The van der Waals surface area contributed by atoms with Crippen LogP contribution in [0.5, 0.6) is 11.5 Å². The summed E-state index contributed by atoms with van der Waals surface area (Å²) in [6, 6.07) is 16.8. The predicted octanol–water partition coefficient (Wildman–Crippen LogP) is 3.21. The van der Waals surface area contributed by atoms with E-state index in [9.17, 15) is 4.79 Å². The van der Waals surface area contributed by atoms with Gasteiger partial charge in [0.25, 0.3) is 0 Å². The Morgan fingerprint density at radius 1 is 0.905 bits per heavy atom. The van der Waals surface area contributed by atoms with Gasteiger partial charge in [-0.25, -0.2) is 4.79 Å². The second-order valence-electron chi connectivity index (χ2n) is 4.31. The van der Waals surface area contributed by atoms with Crippen molar-refractivity contribution in [2.24, 2.45) is 0 Å². The van der Waals surface area contributed by atoms with Crippen molar-refractivity contribution in [3.63, 3.8) is 0 Å². The number of esters is 1. The maximum Gasteiger partial charge on any atom is 0.344 e. The van der Waals surface area contributed by atoms with Crippen LogP contribution in [0, 0.1) is 0 Å². The van der Waals surface area contributed by atoms with Crippen molar-refractivity contribution in [2.45, 2.75) is 13.5 Å². The number of carbonyl (C=O) groups is 1. The Hall–Kier alpha value is -2.49. The molecule has 4 nitrogen and oxygen atoms in total. The topological polar surface area (TPSA) is 44.8 Å². The molecule has 4 heteroatoms. The van der Waals surface area contributed by atoms with Crippen LogP contribution < -0.4 is 9.47 Å².